The Balaban J connectivity index is 1.54. The molecular weight excluding hydrogens is 371 g/mol. The van der Waals surface area contributed by atoms with Crippen molar-refractivity contribution in [2.24, 2.45) is 0 Å². The van der Waals surface area contributed by atoms with E-state index in [9.17, 15) is 9.18 Å². The SMILES string of the molecule is CCN(Cc1cccs1)Cc1nnc(C(=O)NCc2ccc(F)cc2)s1. The van der Waals surface area contributed by atoms with Crippen molar-refractivity contribution in [3.63, 3.8) is 0 Å². The zero-order valence-electron chi connectivity index (χ0n) is 14.3. The third-order valence-electron chi connectivity index (χ3n) is 3.79. The number of amides is 1. The molecule has 2 heterocycles. The van der Waals surface area contributed by atoms with Gasteiger partial charge in [0, 0.05) is 18.0 Å². The zero-order valence-corrected chi connectivity index (χ0v) is 15.9. The molecule has 0 saturated carbocycles. The summed E-state index contributed by atoms with van der Waals surface area (Å²) in [6.07, 6.45) is 0. The smallest absolute Gasteiger partial charge is 0.282 e. The Labute approximate surface area is 159 Å². The van der Waals surface area contributed by atoms with E-state index in [0.717, 1.165) is 23.7 Å². The highest BCUT2D eigenvalue weighted by molar-refractivity contribution is 7.13. The summed E-state index contributed by atoms with van der Waals surface area (Å²) in [5, 5.41) is 14.2. The van der Waals surface area contributed by atoms with Crippen molar-refractivity contribution < 1.29 is 9.18 Å². The van der Waals surface area contributed by atoms with Gasteiger partial charge in [-0.1, -0.05) is 36.5 Å². The maximum atomic E-state index is 12.9. The highest BCUT2D eigenvalue weighted by Crippen LogP contribution is 2.16. The van der Waals surface area contributed by atoms with Gasteiger partial charge in [0.15, 0.2) is 0 Å². The molecular formula is C18H19FN4OS2. The summed E-state index contributed by atoms with van der Waals surface area (Å²) in [7, 11) is 0. The molecule has 2 aromatic heterocycles. The van der Waals surface area contributed by atoms with Gasteiger partial charge in [-0.15, -0.1) is 21.5 Å². The second-order valence-corrected chi connectivity index (χ2v) is 7.79. The van der Waals surface area contributed by atoms with Gasteiger partial charge >= 0.3 is 0 Å². The van der Waals surface area contributed by atoms with E-state index in [1.165, 1.54) is 28.3 Å². The molecule has 0 bridgehead atoms. The van der Waals surface area contributed by atoms with Crippen LogP contribution in [0.25, 0.3) is 0 Å². The molecule has 0 atom stereocenters. The number of aromatic nitrogens is 2. The molecule has 0 radical (unpaired) electrons. The lowest BCUT2D eigenvalue weighted by Gasteiger charge is -2.17. The molecule has 3 rings (SSSR count). The number of halogens is 1. The number of nitrogens with one attached hydrogen (secondary N) is 1. The van der Waals surface area contributed by atoms with Crippen molar-refractivity contribution in [3.05, 3.63) is 68.1 Å². The molecule has 26 heavy (non-hydrogen) atoms. The number of thiophene rings is 1. The Bertz CT molecular complexity index is 833. The first-order valence-corrected chi connectivity index (χ1v) is 9.93. The van der Waals surface area contributed by atoms with Gasteiger partial charge in [0.1, 0.15) is 10.8 Å². The van der Waals surface area contributed by atoms with Gasteiger partial charge in [-0.25, -0.2) is 4.39 Å². The van der Waals surface area contributed by atoms with Crippen molar-refractivity contribution in [3.8, 4) is 0 Å². The van der Waals surface area contributed by atoms with Crippen molar-refractivity contribution in [1.29, 1.82) is 0 Å². The molecule has 0 aliphatic rings. The monoisotopic (exact) mass is 390 g/mol. The van der Waals surface area contributed by atoms with Crippen molar-refractivity contribution in [2.75, 3.05) is 6.54 Å². The summed E-state index contributed by atoms with van der Waals surface area (Å²) in [6, 6.07) is 10.2. The van der Waals surface area contributed by atoms with E-state index in [1.54, 1.807) is 23.5 Å². The molecule has 0 aliphatic heterocycles. The topological polar surface area (TPSA) is 58.1 Å². The first kappa shape index (κ1) is 18.6. The van der Waals surface area contributed by atoms with Crippen LogP contribution >= 0.6 is 22.7 Å². The fourth-order valence-corrected chi connectivity index (χ4v) is 3.91. The summed E-state index contributed by atoms with van der Waals surface area (Å²) in [6.45, 7) is 4.85. The normalized spacial score (nSPS) is 11.0. The summed E-state index contributed by atoms with van der Waals surface area (Å²) in [5.74, 6) is -0.559. The fraction of sp³-hybridized carbons (Fsp3) is 0.278. The van der Waals surface area contributed by atoms with Gasteiger partial charge in [0.05, 0.1) is 6.54 Å². The molecule has 3 aromatic rings. The standard InChI is InChI=1S/C18H19FN4OS2/c1-2-23(11-15-4-3-9-25-15)12-16-21-22-18(26-16)17(24)20-10-13-5-7-14(19)8-6-13/h3-9H,2,10-12H2,1H3,(H,20,24). The number of carbonyl (C=O) groups is 1. The summed E-state index contributed by atoms with van der Waals surface area (Å²) < 4.78 is 12.9. The van der Waals surface area contributed by atoms with Crippen LogP contribution in [-0.2, 0) is 19.6 Å². The molecule has 0 spiro atoms. The Kier molecular flexibility index (Phi) is 6.43. The predicted octanol–water partition coefficient (Wildman–Crippen LogP) is 3.69. The van der Waals surface area contributed by atoms with Crippen molar-refractivity contribution >= 4 is 28.6 Å². The van der Waals surface area contributed by atoms with Gasteiger partial charge in [0.25, 0.3) is 5.91 Å². The largest absolute Gasteiger partial charge is 0.346 e. The maximum Gasteiger partial charge on any atom is 0.282 e. The van der Waals surface area contributed by atoms with E-state index in [4.69, 9.17) is 0 Å². The van der Waals surface area contributed by atoms with Crippen LogP contribution in [0.15, 0.2) is 41.8 Å². The van der Waals surface area contributed by atoms with Crippen LogP contribution in [0.2, 0.25) is 0 Å². The van der Waals surface area contributed by atoms with Crippen LogP contribution in [0.5, 0.6) is 0 Å². The molecule has 1 N–H and O–H groups in total. The Hall–Kier alpha value is -2.16. The van der Waals surface area contributed by atoms with E-state index in [2.05, 4.69) is 38.8 Å². The van der Waals surface area contributed by atoms with Gasteiger partial charge in [-0.3, -0.25) is 9.69 Å². The average Bonchev–Trinajstić information content (AvgIpc) is 3.32. The fourth-order valence-electron chi connectivity index (χ4n) is 2.36. The first-order chi connectivity index (χ1) is 12.6. The minimum Gasteiger partial charge on any atom is -0.346 e. The van der Waals surface area contributed by atoms with Crippen LogP contribution in [0.4, 0.5) is 4.39 Å². The highest BCUT2D eigenvalue weighted by Gasteiger charge is 2.15. The average molecular weight is 391 g/mol. The maximum absolute atomic E-state index is 12.9. The van der Waals surface area contributed by atoms with Gasteiger partial charge in [0.2, 0.25) is 5.01 Å². The molecule has 1 amide bonds. The molecule has 0 fully saturated rings. The summed E-state index contributed by atoms with van der Waals surface area (Å²) >= 11 is 3.03. The Morgan fingerprint density at radius 2 is 2.00 bits per heavy atom. The molecule has 5 nitrogen and oxygen atoms in total. The molecule has 136 valence electrons. The third-order valence-corrected chi connectivity index (χ3v) is 5.56. The molecule has 0 unspecified atom stereocenters. The summed E-state index contributed by atoms with van der Waals surface area (Å²) in [5.41, 5.74) is 0.831. The second-order valence-electron chi connectivity index (χ2n) is 5.69. The van der Waals surface area contributed by atoms with E-state index in [0.29, 0.717) is 18.1 Å². The Morgan fingerprint density at radius 3 is 2.69 bits per heavy atom. The number of nitrogens with zero attached hydrogens (tertiary/aromatic N) is 3. The highest BCUT2D eigenvalue weighted by atomic mass is 32.1. The minimum absolute atomic E-state index is 0.264. The third kappa shape index (κ3) is 5.17. The van der Waals surface area contributed by atoms with Gasteiger partial charge in [-0.2, -0.15) is 0 Å². The van der Waals surface area contributed by atoms with Crippen LogP contribution < -0.4 is 5.32 Å². The molecule has 1 aromatic carbocycles. The lowest BCUT2D eigenvalue weighted by atomic mass is 10.2. The zero-order chi connectivity index (χ0) is 18.4. The minimum atomic E-state index is -0.295. The van der Waals surface area contributed by atoms with Crippen LogP contribution in [-0.4, -0.2) is 27.5 Å². The number of carbonyl (C=O) groups excluding carboxylic acids is 1. The van der Waals surface area contributed by atoms with Gasteiger partial charge < -0.3 is 5.32 Å². The Morgan fingerprint density at radius 1 is 1.19 bits per heavy atom. The number of hydrogen-bond donors (Lipinski definition) is 1. The number of hydrogen-bond acceptors (Lipinski definition) is 6. The molecule has 8 heteroatoms. The van der Waals surface area contributed by atoms with Crippen LogP contribution in [0.1, 0.15) is 32.2 Å². The lowest BCUT2D eigenvalue weighted by Crippen LogP contribution is -2.22. The predicted molar refractivity (Wildman–Crippen MR) is 102 cm³/mol. The van der Waals surface area contributed by atoms with Gasteiger partial charge in [-0.05, 0) is 35.7 Å². The van der Waals surface area contributed by atoms with Crippen LogP contribution in [0, 0.1) is 5.82 Å². The van der Waals surface area contributed by atoms with E-state index in [-0.39, 0.29) is 11.7 Å². The van der Waals surface area contributed by atoms with Crippen molar-refractivity contribution in [1.82, 2.24) is 20.4 Å². The lowest BCUT2D eigenvalue weighted by molar-refractivity contribution is 0.0950. The van der Waals surface area contributed by atoms with E-state index >= 15 is 0 Å². The summed E-state index contributed by atoms with van der Waals surface area (Å²) in [4.78, 5) is 15.8. The second kappa shape index (κ2) is 8.98. The van der Waals surface area contributed by atoms with E-state index in [1.807, 2.05) is 6.07 Å². The first-order valence-electron chi connectivity index (χ1n) is 8.24. The van der Waals surface area contributed by atoms with Crippen LogP contribution in [0.3, 0.4) is 0 Å². The molecule has 0 aliphatic carbocycles. The molecule has 0 saturated heterocycles. The number of rotatable bonds is 8. The van der Waals surface area contributed by atoms with Crippen molar-refractivity contribution in [2.45, 2.75) is 26.6 Å². The van der Waals surface area contributed by atoms with E-state index < -0.39 is 0 Å². The quantitative estimate of drug-likeness (QED) is 0.637. The number of benzene rings is 1.